The number of para-hydroxylation sites is 1. The van der Waals surface area contributed by atoms with Crippen molar-refractivity contribution in [2.45, 2.75) is 13.8 Å². The van der Waals surface area contributed by atoms with E-state index < -0.39 is 11.6 Å². The Hall–Kier alpha value is -2.23. The third kappa shape index (κ3) is 3.02. The number of rotatable bonds is 4. The van der Waals surface area contributed by atoms with E-state index in [-0.39, 0.29) is 17.9 Å². The van der Waals surface area contributed by atoms with Crippen LogP contribution < -0.4 is 5.32 Å². The number of aryl methyl sites for hydroxylation is 2. The maximum absolute atomic E-state index is 13.1. The molecule has 2 aromatic carbocycles. The summed E-state index contributed by atoms with van der Waals surface area (Å²) >= 11 is 0. The van der Waals surface area contributed by atoms with Crippen LogP contribution in [0.3, 0.4) is 0 Å². The van der Waals surface area contributed by atoms with Gasteiger partial charge in [0, 0.05) is 11.3 Å². The summed E-state index contributed by atoms with van der Waals surface area (Å²) in [5.41, 5.74) is 3.11. The Bertz CT molecular complexity index is 633. The Morgan fingerprint density at radius 2 is 1.70 bits per heavy atom. The molecule has 1 N–H and O–H groups in total. The van der Waals surface area contributed by atoms with Crippen LogP contribution in [-0.4, -0.2) is 12.3 Å². The molecule has 0 bridgehead atoms. The van der Waals surface area contributed by atoms with Gasteiger partial charge >= 0.3 is 0 Å². The largest absolute Gasteiger partial charge is 0.377 e. The lowest BCUT2D eigenvalue weighted by atomic mass is 10.1. The van der Waals surface area contributed by atoms with E-state index in [2.05, 4.69) is 5.32 Å². The van der Waals surface area contributed by atoms with E-state index in [1.165, 1.54) is 6.07 Å². The quantitative estimate of drug-likeness (QED) is 0.858. The number of anilines is 1. The highest BCUT2D eigenvalue weighted by Crippen LogP contribution is 2.19. The van der Waals surface area contributed by atoms with Crippen LogP contribution in [0.1, 0.15) is 21.5 Å². The summed E-state index contributed by atoms with van der Waals surface area (Å²) in [5.74, 6) is -2.25. The zero-order chi connectivity index (χ0) is 14.7. The second kappa shape index (κ2) is 5.82. The van der Waals surface area contributed by atoms with Crippen LogP contribution in [-0.2, 0) is 0 Å². The van der Waals surface area contributed by atoms with Crippen LogP contribution in [0.5, 0.6) is 0 Å². The molecule has 0 amide bonds. The second-order valence-corrected chi connectivity index (χ2v) is 4.67. The fraction of sp³-hybridized carbons (Fsp3) is 0.188. The molecule has 4 heteroatoms. The molecule has 0 spiro atoms. The summed E-state index contributed by atoms with van der Waals surface area (Å²) in [6, 6.07) is 8.99. The van der Waals surface area contributed by atoms with Crippen LogP contribution >= 0.6 is 0 Å². The standard InChI is InChI=1S/C16H15F2NO/c1-10-4-3-5-11(2)16(10)19-9-15(20)12-6-7-13(17)14(18)8-12/h3-8,19H,9H2,1-2H3. The zero-order valence-corrected chi connectivity index (χ0v) is 11.3. The fourth-order valence-electron chi connectivity index (χ4n) is 2.03. The molecule has 2 nitrogen and oxygen atoms in total. The first-order chi connectivity index (χ1) is 9.49. The van der Waals surface area contributed by atoms with Crippen molar-refractivity contribution >= 4 is 11.5 Å². The molecule has 0 aliphatic heterocycles. The highest BCUT2D eigenvalue weighted by atomic mass is 19.2. The minimum Gasteiger partial charge on any atom is -0.377 e. The van der Waals surface area contributed by atoms with Crippen molar-refractivity contribution in [3.8, 4) is 0 Å². The van der Waals surface area contributed by atoms with Gasteiger partial charge in [-0.1, -0.05) is 18.2 Å². The van der Waals surface area contributed by atoms with E-state index >= 15 is 0 Å². The van der Waals surface area contributed by atoms with Crippen LogP contribution in [0, 0.1) is 25.5 Å². The van der Waals surface area contributed by atoms with Crippen molar-refractivity contribution in [3.05, 3.63) is 64.7 Å². The molecule has 2 rings (SSSR count). The number of halogens is 2. The van der Waals surface area contributed by atoms with E-state index in [1.54, 1.807) is 0 Å². The normalized spacial score (nSPS) is 10.4. The SMILES string of the molecule is Cc1cccc(C)c1NCC(=O)c1ccc(F)c(F)c1. The number of nitrogens with one attached hydrogen (secondary N) is 1. The number of carbonyl (C=O) groups is 1. The van der Waals surface area contributed by atoms with E-state index in [0.717, 1.165) is 28.9 Å². The molecule has 0 aliphatic carbocycles. The lowest BCUT2D eigenvalue weighted by molar-refractivity contribution is 0.101. The van der Waals surface area contributed by atoms with Gasteiger partial charge in [0.1, 0.15) is 0 Å². The number of ketones is 1. The zero-order valence-electron chi connectivity index (χ0n) is 11.3. The number of hydrogen-bond donors (Lipinski definition) is 1. The molecule has 0 atom stereocenters. The van der Waals surface area contributed by atoms with Gasteiger partial charge in [-0.15, -0.1) is 0 Å². The number of carbonyl (C=O) groups excluding carboxylic acids is 1. The molecule has 104 valence electrons. The van der Waals surface area contributed by atoms with E-state index in [4.69, 9.17) is 0 Å². The molecule has 0 radical (unpaired) electrons. The van der Waals surface area contributed by atoms with Gasteiger partial charge in [0.05, 0.1) is 6.54 Å². The van der Waals surface area contributed by atoms with Gasteiger partial charge in [-0.3, -0.25) is 4.79 Å². The summed E-state index contributed by atoms with van der Waals surface area (Å²) in [4.78, 5) is 12.0. The Morgan fingerprint density at radius 1 is 1.05 bits per heavy atom. The Kier molecular flexibility index (Phi) is 4.13. The van der Waals surface area contributed by atoms with Crippen molar-refractivity contribution < 1.29 is 13.6 Å². The van der Waals surface area contributed by atoms with Crippen molar-refractivity contribution in [1.82, 2.24) is 0 Å². The molecule has 2 aromatic rings. The van der Waals surface area contributed by atoms with Gasteiger partial charge < -0.3 is 5.32 Å². The Morgan fingerprint density at radius 3 is 2.30 bits per heavy atom. The van der Waals surface area contributed by atoms with E-state index in [9.17, 15) is 13.6 Å². The van der Waals surface area contributed by atoms with Gasteiger partial charge in [-0.2, -0.15) is 0 Å². The summed E-state index contributed by atoms with van der Waals surface area (Å²) in [6.07, 6.45) is 0. The first-order valence-corrected chi connectivity index (χ1v) is 6.27. The topological polar surface area (TPSA) is 29.1 Å². The van der Waals surface area contributed by atoms with Crippen LogP contribution in [0.25, 0.3) is 0 Å². The molecule has 0 aromatic heterocycles. The first-order valence-electron chi connectivity index (χ1n) is 6.27. The summed E-state index contributed by atoms with van der Waals surface area (Å²) in [7, 11) is 0. The van der Waals surface area contributed by atoms with Crippen molar-refractivity contribution in [3.63, 3.8) is 0 Å². The molecule has 0 saturated heterocycles. The van der Waals surface area contributed by atoms with Gasteiger partial charge in [0.2, 0.25) is 0 Å². The van der Waals surface area contributed by atoms with Crippen molar-refractivity contribution in [1.29, 1.82) is 0 Å². The number of Topliss-reactive ketones (excluding diaryl/α,β-unsaturated/α-hetero) is 1. The fourth-order valence-corrected chi connectivity index (χ4v) is 2.03. The molecule has 20 heavy (non-hydrogen) atoms. The molecule has 0 saturated carbocycles. The molecule has 0 fully saturated rings. The number of hydrogen-bond acceptors (Lipinski definition) is 2. The average molecular weight is 275 g/mol. The maximum atomic E-state index is 13.1. The van der Waals surface area contributed by atoms with Crippen LogP contribution in [0.15, 0.2) is 36.4 Å². The van der Waals surface area contributed by atoms with Gasteiger partial charge in [0.25, 0.3) is 0 Å². The molecular formula is C16H15F2NO. The highest BCUT2D eigenvalue weighted by Gasteiger charge is 2.10. The molecule has 0 unspecified atom stereocenters. The number of benzene rings is 2. The Balaban J connectivity index is 2.11. The molecule has 0 aliphatic rings. The van der Waals surface area contributed by atoms with Gasteiger partial charge in [0.15, 0.2) is 17.4 Å². The van der Waals surface area contributed by atoms with E-state index in [0.29, 0.717) is 0 Å². The minimum atomic E-state index is -1.01. The lowest BCUT2D eigenvalue weighted by Gasteiger charge is -2.12. The predicted octanol–water partition coefficient (Wildman–Crippen LogP) is 3.88. The smallest absolute Gasteiger partial charge is 0.181 e. The van der Waals surface area contributed by atoms with E-state index in [1.807, 2.05) is 32.0 Å². The summed E-state index contributed by atoms with van der Waals surface area (Å²) in [6.45, 7) is 3.92. The first kappa shape index (κ1) is 14.2. The van der Waals surface area contributed by atoms with Gasteiger partial charge in [-0.05, 0) is 43.2 Å². The average Bonchev–Trinajstić information content (AvgIpc) is 2.41. The molecule has 0 heterocycles. The second-order valence-electron chi connectivity index (χ2n) is 4.67. The summed E-state index contributed by atoms with van der Waals surface area (Å²) in [5, 5.41) is 3.05. The Labute approximate surface area is 116 Å². The monoisotopic (exact) mass is 275 g/mol. The van der Waals surface area contributed by atoms with Crippen LogP contribution in [0.4, 0.5) is 14.5 Å². The third-order valence-electron chi connectivity index (χ3n) is 3.15. The van der Waals surface area contributed by atoms with Crippen molar-refractivity contribution in [2.75, 3.05) is 11.9 Å². The summed E-state index contributed by atoms with van der Waals surface area (Å²) < 4.78 is 25.9. The predicted molar refractivity (Wildman–Crippen MR) is 75.1 cm³/mol. The van der Waals surface area contributed by atoms with Crippen molar-refractivity contribution in [2.24, 2.45) is 0 Å². The van der Waals surface area contributed by atoms with Gasteiger partial charge in [-0.25, -0.2) is 8.78 Å². The lowest BCUT2D eigenvalue weighted by Crippen LogP contribution is -2.15. The maximum Gasteiger partial charge on any atom is 0.181 e. The molecular weight excluding hydrogens is 260 g/mol. The minimum absolute atomic E-state index is 0.0385. The highest BCUT2D eigenvalue weighted by molar-refractivity contribution is 5.99. The third-order valence-corrected chi connectivity index (χ3v) is 3.15. The van der Waals surface area contributed by atoms with Crippen LogP contribution in [0.2, 0.25) is 0 Å².